The van der Waals surface area contributed by atoms with Crippen LogP contribution in [0.25, 0.3) is 0 Å². The fraction of sp³-hybridized carbons (Fsp3) is 0.550. The highest BCUT2D eigenvalue weighted by Crippen LogP contribution is 2.34. The van der Waals surface area contributed by atoms with E-state index in [0.29, 0.717) is 5.57 Å². The molecule has 3 atom stereocenters. The van der Waals surface area contributed by atoms with Crippen LogP contribution in [0.3, 0.4) is 0 Å². The Morgan fingerprint density at radius 2 is 2.19 bits per heavy atom. The van der Waals surface area contributed by atoms with Crippen molar-refractivity contribution in [3.05, 3.63) is 35.5 Å². The van der Waals surface area contributed by atoms with E-state index in [0.717, 1.165) is 25.1 Å². The Kier molecular flexibility index (Phi) is 5.24. The van der Waals surface area contributed by atoms with Crippen LogP contribution in [0.15, 0.2) is 35.5 Å². The van der Waals surface area contributed by atoms with Crippen LogP contribution in [0, 0.1) is 0 Å². The predicted molar refractivity (Wildman–Crippen MR) is 96.6 cm³/mol. The zero-order valence-corrected chi connectivity index (χ0v) is 15.9. The van der Waals surface area contributed by atoms with Crippen LogP contribution in [0.1, 0.15) is 33.6 Å². The monoisotopic (exact) mass is 375 g/mol. The molecule has 0 aliphatic carbocycles. The number of hydrogen-bond acceptors (Lipinski definition) is 7. The predicted octanol–water partition coefficient (Wildman–Crippen LogP) is 1.68. The third kappa shape index (κ3) is 3.56. The molecule has 27 heavy (non-hydrogen) atoms. The van der Waals surface area contributed by atoms with E-state index in [1.165, 1.54) is 13.8 Å². The van der Waals surface area contributed by atoms with Crippen LogP contribution < -0.4 is 0 Å². The Balaban J connectivity index is 1.95. The molecule has 7 heteroatoms. The quantitative estimate of drug-likeness (QED) is 0.298. The van der Waals surface area contributed by atoms with Crippen molar-refractivity contribution in [2.24, 2.45) is 0 Å². The highest BCUT2D eigenvalue weighted by Gasteiger charge is 2.46. The number of allylic oxidation sites excluding steroid dienone is 1. The van der Waals surface area contributed by atoms with E-state index >= 15 is 0 Å². The Morgan fingerprint density at radius 1 is 1.44 bits per heavy atom. The van der Waals surface area contributed by atoms with E-state index in [-0.39, 0.29) is 30.7 Å². The smallest absolute Gasteiger partial charge is 0.355 e. The maximum atomic E-state index is 12.8. The van der Waals surface area contributed by atoms with Crippen LogP contribution in [-0.2, 0) is 28.6 Å². The van der Waals surface area contributed by atoms with Crippen LogP contribution in [0.2, 0.25) is 0 Å². The summed E-state index contributed by atoms with van der Waals surface area (Å²) < 4.78 is 16.6. The van der Waals surface area contributed by atoms with Gasteiger partial charge in [-0.05, 0) is 31.4 Å². The minimum absolute atomic E-state index is 0.0536. The Labute approximate surface area is 158 Å². The standard InChI is InChI=1S/C20H25NO6/c1-5-14-10-12(2)20(4,27-13(3)22)19(24)25-11-15-6-8-21-9-7-16(17(15)21)26-18(14)23/h5-6,16-17H,2,7-11H2,1,3-4H3/b14-5+/t16-,17-,20-/m1/s1. The van der Waals surface area contributed by atoms with Crippen molar-refractivity contribution in [3.8, 4) is 0 Å². The SMILES string of the molecule is C=C1C/C(=C\C)C(=O)O[C@@H]2CCN3CC=C(COC(=O)[C@]1(C)OC(C)=O)[C@H]23. The number of nitrogens with zero attached hydrogens (tertiary/aromatic N) is 1. The summed E-state index contributed by atoms with van der Waals surface area (Å²) in [4.78, 5) is 39.3. The van der Waals surface area contributed by atoms with Crippen molar-refractivity contribution in [1.29, 1.82) is 0 Å². The lowest BCUT2D eigenvalue weighted by atomic mass is 9.90. The highest BCUT2D eigenvalue weighted by atomic mass is 16.6. The molecule has 3 heterocycles. The molecule has 3 aliphatic heterocycles. The van der Waals surface area contributed by atoms with Gasteiger partial charge in [-0.3, -0.25) is 9.69 Å². The molecule has 0 N–H and O–H groups in total. The van der Waals surface area contributed by atoms with Gasteiger partial charge in [0.15, 0.2) is 0 Å². The second kappa shape index (κ2) is 7.31. The first kappa shape index (κ1) is 19.4. The molecule has 0 aromatic heterocycles. The summed E-state index contributed by atoms with van der Waals surface area (Å²) in [5.41, 5.74) is -0.142. The second-order valence-corrected chi connectivity index (χ2v) is 7.25. The van der Waals surface area contributed by atoms with Gasteiger partial charge in [-0.15, -0.1) is 0 Å². The van der Waals surface area contributed by atoms with Gasteiger partial charge in [-0.1, -0.05) is 18.7 Å². The van der Waals surface area contributed by atoms with Gasteiger partial charge in [-0.2, -0.15) is 0 Å². The van der Waals surface area contributed by atoms with Crippen LogP contribution in [0.5, 0.6) is 0 Å². The van der Waals surface area contributed by atoms with Gasteiger partial charge in [-0.25, -0.2) is 9.59 Å². The lowest BCUT2D eigenvalue weighted by Crippen LogP contribution is -2.45. The first-order chi connectivity index (χ1) is 12.8. The fourth-order valence-electron chi connectivity index (χ4n) is 3.86. The van der Waals surface area contributed by atoms with E-state index in [4.69, 9.17) is 14.2 Å². The normalized spacial score (nSPS) is 33.5. The third-order valence-corrected chi connectivity index (χ3v) is 5.47. The molecule has 0 aromatic carbocycles. The molecule has 3 rings (SSSR count). The summed E-state index contributed by atoms with van der Waals surface area (Å²) >= 11 is 0. The number of rotatable bonds is 1. The van der Waals surface area contributed by atoms with Crippen molar-refractivity contribution in [3.63, 3.8) is 0 Å². The number of esters is 3. The van der Waals surface area contributed by atoms with Crippen molar-refractivity contribution in [2.45, 2.75) is 51.4 Å². The molecule has 2 fully saturated rings. The van der Waals surface area contributed by atoms with E-state index in [2.05, 4.69) is 11.5 Å². The van der Waals surface area contributed by atoms with E-state index in [1.807, 2.05) is 6.08 Å². The molecule has 0 amide bonds. The van der Waals surface area contributed by atoms with Crippen molar-refractivity contribution in [2.75, 3.05) is 19.7 Å². The second-order valence-electron chi connectivity index (χ2n) is 7.25. The van der Waals surface area contributed by atoms with Crippen LogP contribution >= 0.6 is 0 Å². The Morgan fingerprint density at radius 3 is 2.85 bits per heavy atom. The summed E-state index contributed by atoms with van der Waals surface area (Å²) in [6, 6.07) is -0.0811. The van der Waals surface area contributed by atoms with Gasteiger partial charge in [0.2, 0.25) is 5.60 Å². The van der Waals surface area contributed by atoms with Gasteiger partial charge in [0.05, 0.1) is 6.04 Å². The van der Waals surface area contributed by atoms with Gasteiger partial charge in [0.1, 0.15) is 12.7 Å². The molecular formula is C20H25NO6. The molecule has 0 radical (unpaired) electrons. The molecule has 0 aromatic rings. The molecule has 0 bridgehead atoms. The van der Waals surface area contributed by atoms with Crippen molar-refractivity contribution in [1.82, 2.24) is 4.90 Å². The van der Waals surface area contributed by atoms with Gasteiger partial charge < -0.3 is 14.2 Å². The molecular weight excluding hydrogens is 350 g/mol. The minimum atomic E-state index is -1.67. The molecule has 2 saturated heterocycles. The Bertz CT molecular complexity index is 752. The van der Waals surface area contributed by atoms with E-state index < -0.39 is 23.5 Å². The summed E-state index contributed by atoms with van der Waals surface area (Å²) in [7, 11) is 0. The van der Waals surface area contributed by atoms with Crippen LogP contribution in [0.4, 0.5) is 0 Å². The van der Waals surface area contributed by atoms with Gasteiger partial charge in [0.25, 0.3) is 0 Å². The lowest BCUT2D eigenvalue weighted by molar-refractivity contribution is -0.174. The van der Waals surface area contributed by atoms with E-state index in [9.17, 15) is 14.4 Å². The molecule has 7 nitrogen and oxygen atoms in total. The molecule has 0 saturated carbocycles. The molecule has 3 aliphatic rings. The summed E-state index contributed by atoms with van der Waals surface area (Å²) in [5, 5.41) is 0. The van der Waals surface area contributed by atoms with E-state index in [1.54, 1.807) is 13.0 Å². The van der Waals surface area contributed by atoms with Gasteiger partial charge in [0, 0.05) is 32.0 Å². The lowest BCUT2D eigenvalue weighted by Gasteiger charge is -2.31. The maximum Gasteiger partial charge on any atom is 0.355 e. The minimum Gasteiger partial charge on any atom is -0.458 e. The highest BCUT2D eigenvalue weighted by molar-refractivity contribution is 5.91. The third-order valence-electron chi connectivity index (χ3n) is 5.47. The summed E-state index contributed by atoms with van der Waals surface area (Å²) in [6.07, 6.45) is 4.16. The summed E-state index contributed by atoms with van der Waals surface area (Å²) in [5.74, 6) is -1.76. The number of carbonyl (C=O) groups is 3. The average molecular weight is 375 g/mol. The van der Waals surface area contributed by atoms with Crippen molar-refractivity contribution >= 4 is 17.9 Å². The number of hydrogen-bond donors (Lipinski definition) is 0. The first-order valence-electron chi connectivity index (χ1n) is 9.10. The summed E-state index contributed by atoms with van der Waals surface area (Å²) in [6.45, 7) is 9.89. The average Bonchev–Trinajstić information content (AvgIpc) is 3.18. The molecule has 146 valence electrons. The zero-order chi connectivity index (χ0) is 19.8. The van der Waals surface area contributed by atoms with Crippen molar-refractivity contribution < 1.29 is 28.6 Å². The van der Waals surface area contributed by atoms with Crippen LogP contribution in [-0.4, -0.2) is 60.3 Å². The fourth-order valence-corrected chi connectivity index (χ4v) is 3.86. The molecule has 0 unspecified atom stereocenters. The Hall–Kier alpha value is -2.41. The number of carbonyl (C=O) groups excluding carboxylic acids is 3. The van der Waals surface area contributed by atoms with Gasteiger partial charge >= 0.3 is 17.9 Å². The topological polar surface area (TPSA) is 82.1 Å². The number of cyclic esters (lactones) is 1. The number of ether oxygens (including phenoxy) is 3. The maximum absolute atomic E-state index is 12.8. The largest absolute Gasteiger partial charge is 0.458 e. The molecule has 0 spiro atoms. The zero-order valence-electron chi connectivity index (χ0n) is 15.9. The first-order valence-corrected chi connectivity index (χ1v) is 9.10.